The lowest BCUT2D eigenvalue weighted by Crippen LogP contribution is -1.95. The van der Waals surface area contributed by atoms with Gasteiger partial charge in [0.25, 0.3) is 0 Å². The Morgan fingerprint density at radius 3 is 2.35 bits per heavy atom. The van der Waals surface area contributed by atoms with E-state index in [1.807, 2.05) is 30.3 Å². The van der Waals surface area contributed by atoms with Crippen molar-refractivity contribution in [2.24, 2.45) is 0 Å². The van der Waals surface area contributed by atoms with E-state index in [4.69, 9.17) is 9.84 Å². The Labute approximate surface area is 99.3 Å². The third-order valence-electron chi connectivity index (χ3n) is 2.51. The van der Waals surface area contributed by atoms with Crippen LogP contribution >= 0.6 is 0 Å². The summed E-state index contributed by atoms with van der Waals surface area (Å²) in [6.45, 7) is 0. The number of carboxylic acids is 1. The second-order valence-electron chi connectivity index (χ2n) is 3.62. The van der Waals surface area contributed by atoms with Crippen molar-refractivity contribution in [3.63, 3.8) is 0 Å². The summed E-state index contributed by atoms with van der Waals surface area (Å²) in [5.74, 6) is -0.169. The number of ether oxygens (including phenoxy) is 1. The maximum Gasteiger partial charge on any atom is 0.335 e. The molecule has 3 nitrogen and oxygen atoms in total. The summed E-state index contributed by atoms with van der Waals surface area (Å²) in [4.78, 5) is 10.9. The predicted octanol–water partition coefficient (Wildman–Crippen LogP) is 3.06. The molecule has 0 saturated carbocycles. The molecule has 0 aliphatic heterocycles. The molecule has 0 aliphatic carbocycles. The molecule has 0 amide bonds. The third kappa shape index (κ3) is 2.45. The van der Waals surface area contributed by atoms with Crippen LogP contribution in [0.25, 0.3) is 11.1 Å². The van der Waals surface area contributed by atoms with E-state index in [0.29, 0.717) is 0 Å². The number of hydrogen-bond donors (Lipinski definition) is 1. The molecular weight excluding hydrogens is 216 g/mol. The van der Waals surface area contributed by atoms with Crippen molar-refractivity contribution in [1.29, 1.82) is 0 Å². The van der Waals surface area contributed by atoms with E-state index in [1.165, 1.54) is 0 Å². The van der Waals surface area contributed by atoms with Crippen molar-refractivity contribution in [3.8, 4) is 16.9 Å². The lowest BCUT2D eigenvalue weighted by molar-refractivity contribution is 0.0697. The Morgan fingerprint density at radius 1 is 1.06 bits per heavy atom. The van der Waals surface area contributed by atoms with E-state index >= 15 is 0 Å². The highest BCUT2D eigenvalue weighted by atomic mass is 16.5. The molecule has 2 aromatic carbocycles. The van der Waals surface area contributed by atoms with Gasteiger partial charge in [-0.3, -0.25) is 0 Å². The number of carbonyl (C=O) groups is 1. The van der Waals surface area contributed by atoms with Crippen LogP contribution in [-0.4, -0.2) is 18.2 Å². The predicted molar refractivity (Wildman–Crippen MR) is 65.4 cm³/mol. The van der Waals surface area contributed by atoms with Gasteiger partial charge in [-0.1, -0.05) is 24.3 Å². The van der Waals surface area contributed by atoms with Crippen molar-refractivity contribution in [2.75, 3.05) is 7.11 Å². The molecule has 3 heteroatoms. The monoisotopic (exact) mass is 228 g/mol. The van der Waals surface area contributed by atoms with Crippen molar-refractivity contribution in [2.45, 2.75) is 0 Å². The molecule has 0 heterocycles. The summed E-state index contributed by atoms with van der Waals surface area (Å²) in [6, 6.07) is 14.4. The third-order valence-corrected chi connectivity index (χ3v) is 2.51. The molecule has 1 N–H and O–H groups in total. The van der Waals surface area contributed by atoms with Gasteiger partial charge in [0.1, 0.15) is 5.75 Å². The minimum atomic E-state index is -0.922. The Hall–Kier alpha value is -2.29. The minimum absolute atomic E-state index is 0.283. The van der Waals surface area contributed by atoms with Gasteiger partial charge in [-0.25, -0.2) is 4.79 Å². The number of hydrogen-bond acceptors (Lipinski definition) is 2. The van der Waals surface area contributed by atoms with E-state index in [0.717, 1.165) is 16.9 Å². The van der Waals surface area contributed by atoms with Gasteiger partial charge in [-0.2, -0.15) is 0 Å². The van der Waals surface area contributed by atoms with E-state index in [9.17, 15) is 4.79 Å². The molecule has 17 heavy (non-hydrogen) atoms. The van der Waals surface area contributed by atoms with Gasteiger partial charge in [0.15, 0.2) is 0 Å². The van der Waals surface area contributed by atoms with Crippen molar-refractivity contribution in [1.82, 2.24) is 0 Å². The maximum absolute atomic E-state index is 10.9. The van der Waals surface area contributed by atoms with E-state index < -0.39 is 5.97 Å². The zero-order chi connectivity index (χ0) is 12.3. The smallest absolute Gasteiger partial charge is 0.335 e. The normalized spacial score (nSPS) is 9.94. The molecule has 0 unspecified atom stereocenters. The molecule has 0 aromatic heterocycles. The highest BCUT2D eigenvalue weighted by molar-refractivity contribution is 5.89. The molecule has 0 atom stereocenters. The first-order valence-electron chi connectivity index (χ1n) is 5.18. The van der Waals surface area contributed by atoms with Crippen LogP contribution in [0.1, 0.15) is 10.4 Å². The fraction of sp³-hybridized carbons (Fsp3) is 0.0714. The van der Waals surface area contributed by atoms with Crippen LogP contribution in [0.3, 0.4) is 0 Å². The van der Waals surface area contributed by atoms with Gasteiger partial charge in [-0.05, 0) is 35.4 Å². The van der Waals surface area contributed by atoms with Gasteiger partial charge in [0.05, 0.1) is 12.7 Å². The van der Waals surface area contributed by atoms with Gasteiger partial charge >= 0.3 is 5.97 Å². The molecular formula is C14H12O3. The van der Waals surface area contributed by atoms with Crippen molar-refractivity contribution < 1.29 is 14.6 Å². The lowest BCUT2D eigenvalue weighted by Gasteiger charge is -2.05. The number of benzene rings is 2. The standard InChI is InChI=1S/C14H12O3/c1-17-13-7-3-5-11(9-13)10-4-2-6-12(8-10)14(15)16/h2-9H,1H3,(H,15,16). The SMILES string of the molecule is COc1cccc(-c2cccc(C(=O)O)c2)c1. The maximum atomic E-state index is 10.9. The van der Waals surface area contributed by atoms with Crippen LogP contribution in [-0.2, 0) is 0 Å². The Morgan fingerprint density at radius 2 is 1.71 bits per heavy atom. The van der Waals surface area contributed by atoms with Crippen molar-refractivity contribution >= 4 is 5.97 Å². The molecule has 0 aliphatic rings. The number of methoxy groups -OCH3 is 1. The second kappa shape index (κ2) is 4.70. The number of rotatable bonds is 3. The first-order valence-corrected chi connectivity index (χ1v) is 5.18. The number of aromatic carboxylic acids is 1. The van der Waals surface area contributed by atoms with Gasteiger partial charge in [-0.15, -0.1) is 0 Å². The Bertz CT molecular complexity index is 547. The molecule has 0 fully saturated rings. The van der Waals surface area contributed by atoms with Crippen LogP contribution in [0.4, 0.5) is 0 Å². The van der Waals surface area contributed by atoms with E-state index in [1.54, 1.807) is 25.3 Å². The largest absolute Gasteiger partial charge is 0.497 e. The first-order chi connectivity index (χ1) is 8.20. The molecule has 0 saturated heterocycles. The number of carboxylic acid groups (broad SMARTS) is 1. The summed E-state index contributed by atoms with van der Waals surface area (Å²) in [6.07, 6.45) is 0. The van der Waals surface area contributed by atoms with Crippen LogP contribution in [0, 0.1) is 0 Å². The minimum Gasteiger partial charge on any atom is -0.497 e. The highest BCUT2D eigenvalue weighted by Gasteiger charge is 2.05. The zero-order valence-corrected chi connectivity index (χ0v) is 9.38. The van der Waals surface area contributed by atoms with E-state index in [-0.39, 0.29) is 5.56 Å². The Kier molecular flexibility index (Phi) is 3.10. The summed E-state index contributed by atoms with van der Waals surface area (Å²) < 4.78 is 5.14. The van der Waals surface area contributed by atoms with Crippen molar-refractivity contribution in [3.05, 3.63) is 54.1 Å². The molecule has 86 valence electrons. The Balaban J connectivity index is 2.45. The fourth-order valence-corrected chi connectivity index (χ4v) is 1.63. The zero-order valence-electron chi connectivity index (χ0n) is 9.38. The van der Waals surface area contributed by atoms with Crippen LogP contribution in [0.2, 0.25) is 0 Å². The average molecular weight is 228 g/mol. The van der Waals surface area contributed by atoms with Crippen LogP contribution in [0.15, 0.2) is 48.5 Å². The summed E-state index contributed by atoms with van der Waals surface area (Å²) in [5.41, 5.74) is 2.08. The van der Waals surface area contributed by atoms with Crippen LogP contribution < -0.4 is 4.74 Å². The molecule has 0 radical (unpaired) electrons. The quantitative estimate of drug-likeness (QED) is 0.878. The molecule has 0 spiro atoms. The first kappa shape index (κ1) is 11.2. The molecule has 2 aromatic rings. The molecule has 2 rings (SSSR count). The summed E-state index contributed by atoms with van der Waals surface area (Å²) in [5, 5.41) is 8.93. The fourth-order valence-electron chi connectivity index (χ4n) is 1.63. The average Bonchev–Trinajstić information content (AvgIpc) is 2.39. The lowest BCUT2D eigenvalue weighted by atomic mass is 10.0. The van der Waals surface area contributed by atoms with Gasteiger partial charge in [0.2, 0.25) is 0 Å². The van der Waals surface area contributed by atoms with Gasteiger partial charge in [0, 0.05) is 0 Å². The van der Waals surface area contributed by atoms with E-state index in [2.05, 4.69) is 0 Å². The van der Waals surface area contributed by atoms with Gasteiger partial charge < -0.3 is 9.84 Å². The summed E-state index contributed by atoms with van der Waals surface area (Å²) >= 11 is 0. The summed E-state index contributed by atoms with van der Waals surface area (Å²) in [7, 11) is 1.60. The second-order valence-corrected chi connectivity index (χ2v) is 3.62. The van der Waals surface area contributed by atoms with Crippen LogP contribution in [0.5, 0.6) is 5.75 Å². The highest BCUT2D eigenvalue weighted by Crippen LogP contribution is 2.24. The molecule has 0 bridgehead atoms. The topological polar surface area (TPSA) is 46.5 Å².